The number of primary amides is 1. The van der Waals surface area contributed by atoms with Crippen molar-refractivity contribution in [1.82, 2.24) is 10.3 Å². The Kier molecular flexibility index (Phi) is 2.91. The maximum Gasteiger partial charge on any atom is 0.250 e. The van der Waals surface area contributed by atoms with Crippen LogP contribution < -0.4 is 16.0 Å². The summed E-state index contributed by atoms with van der Waals surface area (Å²) in [4.78, 5) is 17.6. The number of pyridine rings is 1. The molecule has 0 aromatic carbocycles. The number of amides is 1. The van der Waals surface area contributed by atoms with Crippen molar-refractivity contribution in [3.8, 4) is 0 Å². The molecule has 2 saturated heterocycles. The Morgan fingerprint density at radius 3 is 3.00 bits per heavy atom. The second kappa shape index (κ2) is 4.57. The molecule has 1 amide bonds. The van der Waals surface area contributed by atoms with Crippen molar-refractivity contribution in [3.63, 3.8) is 0 Å². The second-order valence-corrected chi connectivity index (χ2v) is 5.14. The van der Waals surface area contributed by atoms with Crippen LogP contribution in [0.4, 0.5) is 5.82 Å². The van der Waals surface area contributed by atoms with Crippen LogP contribution in [0.15, 0.2) is 18.3 Å². The number of rotatable bonds is 2. The summed E-state index contributed by atoms with van der Waals surface area (Å²) in [5.74, 6) is 1.25. The van der Waals surface area contributed by atoms with Crippen LogP contribution >= 0.6 is 0 Å². The van der Waals surface area contributed by atoms with Crippen LogP contribution in [0, 0.1) is 5.92 Å². The lowest BCUT2D eigenvalue weighted by atomic mass is 9.94. The molecule has 1 aromatic rings. The Morgan fingerprint density at radius 2 is 2.33 bits per heavy atom. The van der Waals surface area contributed by atoms with E-state index in [0.29, 0.717) is 11.6 Å². The highest BCUT2D eigenvalue weighted by Crippen LogP contribution is 2.27. The SMILES string of the molecule is NC(=O)c1ccc(N2CC3CCCNC3C2)nc1. The van der Waals surface area contributed by atoms with Gasteiger partial charge in [0.1, 0.15) is 5.82 Å². The van der Waals surface area contributed by atoms with Crippen LogP contribution in [-0.4, -0.2) is 36.6 Å². The Labute approximate surface area is 106 Å². The smallest absolute Gasteiger partial charge is 0.250 e. The van der Waals surface area contributed by atoms with Gasteiger partial charge in [0.15, 0.2) is 0 Å². The number of hydrogen-bond donors (Lipinski definition) is 2. The molecule has 3 N–H and O–H groups in total. The third-order valence-corrected chi connectivity index (χ3v) is 3.96. The lowest BCUT2D eigenvalue weighted by Crippen LogP contribution is -2.40. The van der Waals surface area contributed by atoms with Crippen molar-refractivity contribution in [2.45, 2.75) is 18.9 Å². The molecule has 3 rings (SSSR count). The van der Waals surface area contributed by atoms with Crippen LogP contribution in [0.5, 0.6) is 0 Å². The van der Waals surface area contributed by atoms with Crippen molar-refractivity contribution in [2.75, 3.05) is 24.5 Å². The molecule has 2 aliphatic heterocycles. The van der Waals surface area contributed by atoms with Gasteiger partial charge in [0.2, 0.25) is 5.91 Å². The van der Waals surface area contributed by atoms with Crippen molar-refractivity contribution < 1.29 is 4.79 Å². The summed E-state index contributed by atoms with van der Waals surface area (Å²) in [7, 11) is 0. The summed E-state index contributed by atoms with van der Waals surface area (Å²) in [5.41, 5.74) is 5.68. The molecule has 2 unspecified atom stereocenters. The molecule has 2 aliphatic rings. The van der Waals surface area contributed by atoms with E-state index >= 15 is 0 Å². The van der Waals surface area contributed by atoms with Gasteiger partial charge in [-0.1, -0.05) is 0 Å². The van der Waals surface area contributed by atoms with Crippen molar-refractivity contribution >= 4 is 11.7 Å². The van der Waals surface area contributed by atoms with Gasteiger partial charge < -0.3 is 16.0 Å². The van der Waals surface area contributed by atoms with Gasteiger partial charge in [-0.05, 0) is 37.4 Å². The number of hydrogen-bond acceptors (Lipinski definition) is 4. The fourth-order valence-electron chi connectivity index (χ4n) is 2.95. The minimum absolute atomic E-state index is 0.425. The molecule has 5 nitrogen and oxygen atoms in total. The van der Waals surface area contributed by atoms with Gasteiger partial charge in [-0.25, -0.2) is 4.98 Å². The maximum atomic E-state index is 11.0. The average Bonchev–Trinajstić information content (AvgIpc) is 2.82. The van der Waals surface area contributed by atoms with Gasteiger partial charge in [-0.15, -0.1) is 0 Å². The Balaban J connectivity index is 1.73. The molecule has 0 radical (unpaired) electrons. The molecular formula is C13H18N4O. The van der Waals surface area contributed by atoms with E-state index in [2.05, 4.69) is 15.2 Å². The third-order valence-electron chi connectivity index (χ3n) is 3.96. The largest absolute Gasteiger partial charge is 0.366 e. The summed E-state index contributed by atoms with van der Waals surface area (Å²) < 4.78 is 0. The first-order valence-electron chi connectivity index (χ1n) is 6.48. The van der Waals surface area contributed by atoms with Crippen LogP contribution in [-0.2, 0) is 0 Å². The van der Waals surface area contributed by atoms with E-state index in [1.54, 1.807) is 12.3 Å². The normalized spacial score (nSPS) is 27.0. The van der Waals surface area contributed by atoms with Crippen molar-refractivity contribution in [2.24, 2.45) is 11.7 Å². The van der Waals surface area contributed by atoms with Gasteiger partial charge in [0.25, 0.3) is 0 Å². The van der Waals surface area contributed by atoms with Crippen LogP contribution in [0.2, 0.25) is 0 Å². The first-order chi connectivity index (χ1) is 8.74. The highest BCUT2D eigenvalue weighted by Gasteiger charge is 2.34. The van der Waals surface area contributed by atoms with E-state index in [0.717, 1.165) is 31.4 Å². The lowest BCUT2D eigenvalue weighted by molar-refractivity contribution is 0.1000. The Bertz CT molecular complexity index is 431. The second-order valence-electron chi connectivity index (χ2n) is 5.14. The number of anilines is 1. The van der Waals surface area contributed by atoms with Gasteiger partial charge >= 0.3 is 0 Å². The van der Waals surface area contributed by atoms with E-state index in [1.807, 2.05) is 6.07 Å². The molecule has 3 heterocycles. The molecule has 0 saturated carbocycles. The van der Waals surface area contributed by atoms with E-state index in [4.69, 9.17) is 5.73 Å². The van der Waals surface area contributed by atoms with Gasteiger partial charge in [-0.2, -0.15) is 0 Å². The molecule has 18 heavy (non-hydrogen) atoms. The minimum Gasteiger partial charge on any atom is -0.366 e. The quantitative estimate of drug-likeness (QED) is 0.791. The van der Waals surface area contributed by atoms with Gasteiger partial charge in [0.05, 0.1) is 5.56 Å². The summed E-state index contributed by atoms with van der Waals surface area (Å²) in [6.45, 7) is 3.19. The zero-order chi connectivity index (χ0) is 12.5. The first-order valence-corrected chi connectivity index (χ1v) is 6.48. The maximum absolute atomic E-state index is 11.0. The number of carbonyl (C=O) groups is 1. The molecule has 0 spiro atoms. The summed E-state index contributed by atoms with van der Waals surface area (Å²) in [6, 6.07) is 4.23. The molecule has 0 bridgehead atoms. The summed E-state index contributed by atoms with van der Waals surface area (Å²) in [5, 5.41) is 3.57. The Morgan fingerprint density at radius 1 is 1.44 bits per heavy atom. The molecular weight excluding hydrogens is 228 g/mol. The molecule has 2 fully saturated rings. The zero-order valence-electron chi connectivity index (χ0n) is 10.3. The molecule has 96 valence electrons. The molecule has 1 aromatic heterocycles. The van der Waals surface area contributed by atoms with Crippen molar-refractivity contribution in [3.05, 3.63) is 23.9 Å². The Hall–Kier alpha value is -1.62. The fraction of sp³-hybridized carbons (Fsp3) is 0.538. The van der Waals surface area contributed by atoms with Gasteiger partial charge in [-0.3, -0.25) is 4.79 Å². The number of carbonyl (C=O) groups excluding carboxylic acids is 1. The first kappa shape index (κ1) is 11.5. The van der Waals surface area contributed by atoms with E-state index in [9.17, 15) is 4.79 Å². The highest BCUT2D eigenvalue weighted by atomic mass is 16.1. The minimum atomic E-state index is -0.425. The number of nitrogens with zero attached hydrogens (tertiary/aromatic N) is 2. The molecule has 5 heteroatoms. The predicted octanol–water partition coefficient (Wildman–Crippen LogP) is 0.369. The number of nitrogens with two attached hydrogens (primary N) is 1. The van der Waals surface area contributed by atoms with E-state index in [1.165, 1.54) is 12.8 Å². The van der Waals surface area contributed by atoms with Crippen LogP contribution in [0.3, 0.4) is 0 Å². The lowest BCUT2D eigenvalue weighted by Gasteiger charge is -2.24. The number of fused-ring (bicyclic) bond motifs is 1. The van der Waals surface area contributed by atoms with Crippen LogP contribution in [0.1, 0.15) is 23.2 Å². The van der Waals surface area contributed by atoms with Crippen molar-refractivity contribution in [1.29, 1.82) is 0 Å². The predicted molar refractivity (Wildman–Crippen MR) is 69.5 cm³/mol. The highest BCUT2D eigenvalue weighted by molar-refractivity contribution is 5.92. The van der Waals surface area contributed by atoms with Crippen LogP contribution in [0.25, 0.3) is 0 Å². The number of aromatic nitrogens is 1. The summed E-state index contributed by atoms with van der Waals surface area (Å²) >= 11 is 0. The molecule has 2 atom stereocenters. The topological polar surface area (TPSA) is 71.2 Å². The monoisotopic (exact) mass is 246 g/mol. The fourth-order valence-corrected chi connectivity index (χ4v) is 2.95. The standard InChI is InChI=1S/C13H18N4O/c14-13(18)9-3-4-12(16-6-9)17-7-10-2-1-5-15-11(10)8-17/h3-4,6,10-11,15H,1-2,5,7-8H2,(H2,14,18). The average molecular weight is 246 g/mol. The van der Waals surface area contributed by atoms with E-state index in [-0.39, 0.29) is 0 Å². The van der Waals surface area contributed by atoms with E-state index < -0.39 is 5.91 Å². The summed E-state index contributed by atoms with van der Waals surface area (Å²) in [6.07, 6.45) is 4.13. The third kappa shape index (κ3) is 2.06. The molecule has 0 aliphatic carbocycles. The number of piperidine rings is 1. The zero-order valence-corrected chi connectivity index (χ0v) is 10.3. The number of nitrogens with one attached hydrogen (secondary N) is 1. The van der Waals surface area contributed by atoms with Gasteiger partial charge in [0, 0.05) is 25.3 Å².